The lowest BCUT2D eigenvalue weighted by molar-refractivity contribution is -0.118. The highest BCUT2D eigenvalue weighted by Crippen LogP contribution is 2.51. The van der Waals surface area contributed by atoms with E-state index in [0.29, 0.717) is 37.3 Å². The van der Waals surface area contributed by atoms with Gasteiger partial charge in [0.25, 0.3) is 0 Å². The number of halogens is 1. The van der Waals surface area contributed by atoms with Crippen LogP contribution in [0, 0.1) is 22.6 Å². The highest BCUT2D eigenvalue weighted by Gasteiger charge is 2.52. The molecule has 1 unspecified atom stereocenters. The van der Waals surface area contributed by atoms with Crippen LogP contribution in [0.5, 0.6) is 11.5 Å². The van der Waals surface area contributed by atoms with Gasteiger partial charge in [-0.25, -0.2) is 4.39 Å². The summed E-state index contributed by atoms with van der Waals surface area (Å²) in [4.78, 5) is 15.4. The lowest BCUT2D eigenvalue weighted by Crippen LogP contribution is -2.42. The SMILES string of the molecule is CC(C)(C)C1Cc2cc(NC(=O)C3(c4ccc5c(c4)OCO5)CC3)c(F)cc2N1CCC#N. The summed E-state index contributed by atoms with van der Waals surface area (Å²) in [6.45, 7) is 7.21. The van der Waals surface area contributed by atoms with Crippen LogP contribution in [-0.2, 0) is 16.6 Å². The van der Waals surface area contributed by atoms with Crippen LogP contribution in [0.1, 0.15) is 51.2 Å². The molecule has 5 rings (SSSR count). The molecule has 0 bridgehead atoms. The van der Waals surface area contributed by atoms with Gasteiger partial charge in [-0.3, -0.25) is 4.79 Å². The molecule has 1 N–H and O–H groups in total. The van der Waals surface area contributed by atoms with Gasteiger partial charge in [-0.05, 0) is 60.1 Å². The van der Waals surface area contributed by atoms with Crippen LogP contribution in [-0.4, -0.2) is 25.3 Å². The lowest BCUT2D eigenvalue weighted by atomic mass is 9.84. The number of nitrogens with one attached hydrogen (secondary N) is 1. The molecule has 0 spiro atoms. The monoisotopic (exact) mass is 449 g/mol. The summed E-state index contributed by atoms with van der Waals surface area (Å²) in [5.41, 5.74) is 2.18. The molecule has 1 aliphatic carbocycles. The van der Waals surface area contributed by atoms with Gasteiger partial charge >= 0.3 is 0 Å². The van der Waals surface area contributed by atoms with Crippen LogP contribution in [0.4, 0.5) is 15.8 Å². The fraction of sp³-hybridized carbons (Fsp3) is 0.462. The van der Waals surface area contributed by atoms with Crippen molar-refractivity contribution in [2.24, 2.45) is 5.41 Å². The molecule has 7 heteroatoms. The molecular formula is C26H28FN3O3. The minimum atomic E-state index is -0.667. The Hall–Kier alpha value is -3.27. The summed E-state index contributed by atoms with van der Waals surface area (Å²) >= 11 is 0. The van der Waals surface area contributed by atoms with E-state index < -0.39 is 11.2 Å². The smallest absolute Gasteiger partial charge is 0.235 e. The number of carbonyl (C=O) groups is 1. The second kappa shape index (κ2) is 7.65. The van der Waals surface area contributed by atoms with Crippen molar-refractivity contribution >= 4 is 17.3 Å². The maximum absolute atomic E-state index is 15.2. The van der Waals surface area contributed by atoms with Gasteiger partial charge in [0.05, 0.1) is 23.6 Å². The maximum atomic E-state index is 15.2. The molecule has 2 heterocycles. The Morgan fingerprint density at radius 1 is 1.24 bits per heavy atom. The number of benzene rings is 2. The van der Waals surface area contributed by atoms with E-state index in [4.69, 9.17) is 14.7 Å². The molecule has 2 aliphatic heterocycles. The van der Waals surface area contributed by atoms with Crippen LogP contribution < -0.4 is 19.7 Å². The maximum Gasteiger partial charge on any atom is 0.235 e. The van der Waals surface area contributed by atoms with Gasteiger partial charge in [-0.1, -0.05) is 26.8 Å². The van der Waals surface area contributed by atoms with Crippen LogP contribution in [0.2, 0.25) is 0 Å². The minimum absolute atomic E-state index is 0.0359. The van der Waals surface area contributed by atoms with Crippen LogP contribution in [0.3, 0.4) is 0 Å². The number of hydrogen-bond acceptors (Lipinski definition) is 5. The van der Waals surface area contributed by atoms with Crippen molar-refractivity contribution in [3.8, 4) is 17.6 Å². The Labute approximate surface area is 193 Å². The molecule has 1 amide bonds. The Bertz CT molecular complexity index is 1160. The number of fused-ring (bicyclic) bond motifs is 2. The molecule has 1 atom stereocenters. The van der Waals surface area contributed by atoms with E-state index in [1.54, 1.807) is 6.07 Å². The van der Waals surface area contributed by atoms with E-state index in [-0.39, 0.29) is 29.8 Å². The van der Waals surface area contributed by atoms with Crippen LogP contribution in [0.25, 0.3) is 0 Å². The van der Waals surface area contributed by atoms with Crippen molar-refractivity contribution in [3.05, 3.63) is 47.3 Å². The average molecular weight is 450 g/mol. The third kappa shape index (κ3) is 3.68. The van der Waals surface area contributed by atoms with Gasteiger partial charge < -0.3 is 19.7 Å². The van der Waals surface area contributed by atoms with E-state index >= 15 is 4.39 Å². The molecule has 0 radical (unpaired) electrons. The molecular weight excluding hydrogens is 421 g/mol. The molecule has 0 aromatic heterocycles. The minimum Gasteiger partial charge on any atom is -0.454 e. The highest BCUT2D eigenvalue weighted by atomic mass is 19.1. The number of nitrogens with zero attached hydrogens (tertiary/aromatic N) is 2. The molecule has 172 valence electrons. The van der Waals surface area contributed by atoms with E-state index in [1.165, 1.54) is 6.07 Å². The summed E-state index contributed by atoms with van der Waals surface area (Å²) < 4.78 is 26.0. The number of ether oxygens (including phenoxy) is 2. The third-order valence-corrected chi connectivity index (χ3v) is 7.09. The molecule has 33 heavy (non-hydrogen) atoms. The first-order valence-corrected chi connectivity index (χ1v) is 11.4. The van der Waals surface area contributed by atoms with Gasteiger partial charge in [0.15, 0.2) is 11.5 Å². The molecule has 1 saturated carbocycles. The predicted molar refractivity (Wildman–Crippen MR) is 123 cm³/mol. The number of carbonyl (C=O) groups excluding carboxylic acids is 1. The second-order valence-electron chi connectivity index (χ2n) is 10.3. The van der Waals surface area contributed by atoms with Crippen molar-refractivity contribution in [2.75, 3.05) is 23.6 Å². The Balaban J connectivity index is 1.40. The summed E-state index contributed by atoms with van der Waals surface area (Å²) in [6.07, 6.45) is 2.54. The van der Waals surface area contributed by atoms with Gasteiger partial charge in [-0.15, -0.1) is 0 Å². The largest absolute Gasteiger partial charge is 0.454 e. The number of anilines is 2. The Morgan fingerprint density at radius 2 is 2.00 bits per heavy atom. The highest BCUT2D eigenvalue weighted by molar-refractivity contribution is 6.01. The number of rotatable bonds is 5. The zero-order valence-corrected chi connectivity index (χ0v) is 19.2. The van der Waals surface area contributed by atoms with E-state index in [1.807, 2.05) is 18.2 Å². The number of hydrogen-bond donors (Lipinski definition) is 1. The summed E-state index contributed by atoms with van der Waals surface area (Å²) in [5.74, 6) is 0.655. The fourth-order valence-electron chi connectivity index (χ4n) is 5.05. The summed E-state index contributed by atoms with van der Waals surface area (Å²) in [5, 5.41) is 11.9. The molecule has 2 aromatic carbocycles. The second-order valence-corrected chi connectivity index (χ2v) is 10.3. The number of nitriles is 1. The first-order chi connectivity index (χ1) is 15.7. The molecule has 2 aromatic rings. The van der Waals surface area contributed by atoms with Gasteiger partial charge in [-0.2, -0.15) is 5.26 Å². The van der Waals surface area contributed by atoms with E-state index in [0.717, 1.165) is 23.2 Å². The normalized spacial score (nSPS) is 19.7. The van der Waals surface area contributed by atoms with Crippen molar-refractivity contribution in [1.82, 2.24) is 0 Å². The number of amides is 1. The third-order valence-electron chi connectivity index (χ3n) is 7.09. The molecule has 0 saturated heterocycles. The van der Waals surface area contributed by atoms with Crippen molar-refractivity contribution in [3.63, 3.8) is 0 Å². The molecule has 6 nitrogen and oxygen atoms in total. The first-order valence-electron chi connectivity index (χ1n) is 11.4. The fourth-order valence-corrected chi connectivity index (χ4v) is 5.05. The molecule has 3 aliphatic rings. The van der Waals surface area contributed by atoms with Gasteiger partial charge in [0, 0.05) is 18.3 Å². The van der Waals surface area contributed by atoms with Crippen molar-refractivity contribution in [2.45, 2.75) is 57.9 Å². The van der Waals surface area contributed by atoms with Gasteiger partial charge in [0.1, 0.15) is 5.82 Å². The quantitative estimate of drug-likeness (QED) is 0.702. The topological polar surface area (TPSA) is 74.6 Å². The van der Waals surface area contributed by atoms with Crippen molar-refractivity contribution < 1.29 is 18.7 Å². The van der Waals surface area contributed by atoms with Crippen molar-refractivity contribution in [1.29, 1.82) is 5.26 Å². The lowest BCUT2D eigenvalue weighted by Gasteiger charge is -2.36. The van der Waals surface area contributed by atoms with Gasteiger partial charge in [0.2, 0.25) is 12.7 Å². The van der Waals surface area contributed by atoms with E-state index in [9.17, 15) is 4.79 Å². The Kier molecular flexibility index (Phi) is 5.00. The predicted octanol–water partition coefficient (Wildman–Crippen LogP) is 4.92. The Morgan fingerprint density at radius 3 is 2.70 bits per heavy atom. The standard InChI is InChI=1S/C26H28FN3O3/c1-25(2,3)23-12-16-11-19(18(27)14-20(16)30(23)10-4-9-28)29-24(31)26(7-8-26)17-5-6-21-22(13-17)33-15-32-21/h5-6,11,13-14,23H,4,7-8,10,12,15H2,1-3H3,(H,29,31). The summed E-state index contributed by atoms with van der Waals surface area (Å²) in [6, 6.07) is 11.2. The van der Waals surface area contributed by atoms with Crippen LogP contribution >= 0.6 is 0 Å². The zero-order valence-electron chi connectivity index (χ0n) is 19.2. The first kappa shape index (κ1) is 21.6. The summed E-state index contributed by atoms with van der Waals surface area (Å²) in [7, 11) is 0. The molecule has 1 fully saturated rings. The average Bonchev–Trinajstić information content (AvgIpc) is 3.31. The zero-order chi connectivity index (χ0) is 23.4. The van der Waals surface area contributed by atoms with E-state index in [2.05, 4.69) is 37.1 Å². The van der Waals surface area contributed by atoms with Crippen LogP contribution in [0.15, 0.2) is 30.3 Å².